The van der Waals surface area contributed by atoms with E-state index in [2.05, 4.69) is 5.32 Å². The van der Waals surface area contributed by atoms with Crippen molar-refractivity contribution in [1.29, 1.82) is 0 Å². The molecule has 0 radical (unpaired) electrons. The van der Waals surface area contributed by atoms with Crippen molar-refractivity contribution in [3.05, 3.63) is 65.2 Å². The zero-order valence-corrected chi connectivity index (χ0v) is 14.2. The second-order valence-corrected chi connectivity index (χ2v) is 6.71. The van der Waals surface area contributed by atoms with Gasteiger partial charge in [-0.25, -0.2) is 0 Å². The molecule has 1 N–H and O–H groups in total. The molecule has 1 atom stereocenters. The van der Waals surface area contributed by atoms with Crippen molar-refractivity contribution >= 4 is 29.3 Å². The number of hydrogen-bond donors (Lipinski definition) is 1. The first-order valence-corrected chi connectivity index (χ1v) is 8.74. The van der Waals surface area contributed by atoms with Crippen molar-refractivity contribution < 1.29 is 4.79 Å². The predicted octanol–water partition coefficient (Wildman–Crippen LogP) is 5.09. The lowest BCUT2D eigenvalue weighted by molar-refractivity contribution is -0.121. The first-order valence-electron chi connectivity index (χ1n) is 7.38. The molecule has 2 aromatic carbocycles. The van der Waals surface area contributed by atoms with Gasteiger partial charge in [-0.1, -0.05) is 41.9 Å². The third-order valence-electron chi connectivity index (χ3n) is 3.31. The van der Waals surface area contributed by atoms with Gasteiger partial charge in [0.05, 0.1) is 6.04 Å². The lowest BCUT2D eigenvalue weighted by Gasteiger charge is -2.14. The monoisotopic (exact) mass is 333 g/mol. The van der Waals surface area contributed by atoms with E-state index in [1.54, 1.807) is 11.8 Å². The highest BCUT2D eigenvalue weighted by Crippen LogP contribution is 2.21. The lowest BCUT2D eigenvalue weighted by Crippen LogP contribution is -2.26. The Bertz CT molecular complexity index is 586. The van der Waals surface area contributed by atoms with Crippen molar-refractivity contribution in [1.82, 2.24) is 5.32 Å². The second-order valence-electron chi connectivity index (χ2n) is 5.11. The molecule has 0 aliphatic carbocycles. The van der Waals surface area contributed by atoms with Crippen LogP contribution in [0, 0.1) is 0 Å². The topological polar surface area (TPSA) is 29.1 Å². The molecule has 2 aromatic rings. The van der Waals surface area contributed by atoms with Gasteiger partial charge < -0.3 is 5.32 Å². The number of carbonyl (C=O) groups excluding carboxylic acids is 1. The van der Waals surface area contributed by atoms with E-state index in [-0.39, 0.29) is 11.9 Å². The highest BCUT2D eigenvalue weighted by molar-refractivity contribution is 7.99. The molecule has 0 fully saturated rings. The first kappa shape index (κ1) is 16.9. The zero-order chi connectivity index (χ0) is 15.8. The molecule has 116 valence electrons. The molecule has 22 heavy (non-hydrogen) atoms. The van der Waals surface area contributed by atoms with E-state index < -0.39 is 0 Å². The fourth-order valence-corrected chi connectivity index (χ4v) is 3.07. The van der Waals surface area contributed by atoms with E-state index in [0.717, 1.165) is 22.8 Å². The van der Waals surface area contributed by atoms with E-state index in [4.69, 9.17) is 11.6 Å². The average Bonchev–Trinajstić information content (AvgIpc) is 2.54. The van der Waals surface area contributed by atoms with Crippen molar-refractivity contribution in [3.63, 3.8) is 0 Å². The lowest BCUT2D eigenvalue weighted by atomic mass is 10.1. The number of thioether (sulfide) groups is 1. The molecule has 0 heterocycles. The summed E-state index contributed by atoms with van der Waals surface area (Å²) in [4.78, 5) is 13.1. The average molecular weight is 334 g/mol. The van der Waals surface area contributed by atoms with Crippen LogP contribution >= 0.6 is 23.4 Å². The number of halogens is 1. The largest absolute Gasteiger partial charge is 0.350 e. The van der Waals surface area contributed by atoms with Crippen LogP contribution in [0.25, 0.3) is 0 Å². The highest BCUT2D eigenvalue weighted by atomic mass is 35.5. The second kappa shape index (κ2) is 8.86. The van der Waals surface area contributed by atoms with Gasteiger partial charge in [0.25, 0.3) is 0 Å². The maximum Gasteiger partial charge on any atom is 0.220 e. The van der Waals surface area contributed by atoms with Gasteiger partial charge in [0.15, 0.2) is 0 Å². The first-order chi connectivity index (χ1) is 10.6. The summed E-state index contributed by atoms with van der Waals surface area (Å²) < 4.78 is 0. The molecule has 1 amide bonds. The Morgan fingerprint density at radius 1 is 1.14 bits per heavy atom. The molecule has 0 unspecified atom stereocenters. The third kappa shape index (κ3) is 5.74. The van der Waals surface area contributed by atoms with Crippen LogP contribution in [0.2, 0.25) is 5.02 Å². The Kier molecular flexibility index (Phi) is 6.81. The maximum atomic E-state index is 11.9. The molecular formula is C18H20ClNOS. The number of rotatable bonds is 7. The summed E-state index contributed by atoms with van der Waals surface area (Å²) in [5.41, 5.74) is 1.13. The summed E-state index contributed by atoms with van der Waals surface area (Å²) in [7, 11) is 0. The molecule has 0 aliphatic heterocycles. The van der Waals surface area contributed by atoms with Gasteiger partial charge in [-0.2, -0.15) is 0 Å². The number of amides is 1. The van der Waals surface area contributed by atoms with E-state index in [9.17, 15) is 4.79 Å². The van der Waals surface area contributed by atoms with E-state index in [1.807, 2.05) is 61.5 Å². The number of hydrogen-bond acceptors (Lipinski definition) is 2. The molecule has 0 saturated heterocycles. The standard InChI is InChI=1S/C18H20ClNOS/c1-14(15-6-3-2-4-7-15)20-18(21)8-5-13-22-17-11-9-16(19)10-12-17/h2-4,6-7,9-12,14H,5,8,13H2,1H3,(H,20,21)/t14-/m1/s1. The third-order valence-corrected chi connectivity index (χ3v) is 4.66. The van der Waals surface area contributed by atoms with Crippen LogP contribution in [-0.4, -0.2) is 11.7 Å². The van der Waals surface area contributed by atoms with Crippen LogP contribution < -0.4 is 5.32 Å². The van der Waals surface area contributed by atoms with Gasteiger partial charge in [0.1, 0.15) is 0 Å². The Morgan fingerprint density at radius 2 is 1.82 bits per heavy atom. The molecule has 0 aromatic heterocycles. The van der Waals surface area contributed by atoms with Crippen LogP contribution in [0.4, 0.5) is 0 Å². The van der Waals surface area contributed by atoms with Crippen molar-refractivity contribution in [3.8, 4) is 0 Å². The van der Waals surface area contributed by atoms with Crippen LogP contribution in [0.15, 0.2) is 59.5 Å². The van der Waals surface area contributed by atoms with Crippen LogP contribution in [0.5, 0.6) is 0 Å². The summed E-state index contributed by atoms with van der Waals surface area (Å²) >= 11 is 7.60. The quantitative estimate of drug-likeness (QED) is 0.565. The minimum absolute atomic E-state index is 0.0534. The van der Waals surface area contributed by atoms with Crippen LogP contribution in [0.1, 0.15) is 31.4 Å². The number of carbonyl (C=O) groups is 1. The summed E-state index contributed by atoms with van der Waals surface area (Å²) in [6.07, 6.45) is 1.42. The summed E-state index contributed by atoms with van der Waals surface area (Å²) in [6, 6.07) is 17.8. The molecule has 0 bridgehead atoms. The summed E-state index contributed by atoms with van der Waals surface area (Å²) in [5.74, 6) is 1.03. The summed E-state index contributed by atoms with van der Waals surface area (Å²) in [5, 5.41) is 3.79. The molecule has 0 saturated carbocycles. The molecule has 4 heteroatoms. The smallest absolute Gasteiger partial charge is 0.220 e. The van der Waals surface area contributed by atoms with Gasteiger partial charge in [0.2, 0.25) is 5.91 Å². The van der Waals surface area contributed by atoms with Crippen molar-refractivity contribution in [2.45, 2.75) is 30.7 Å². The van der Waals surface area contributed by atoms with Gasteiger partial charge in [-0.3, -0.25) is 4.79 Å². The summed E-state index contributed by atoms with van der Waals surface area (Å²) in [6.45, 7) is 2.01. The normalized spacial score (nSPS) is 11.9. The number of nitrogens with one attached hydrogen (secondary N) is 1. The maximum absolute atomic E-state index is 11.9. The van der Waals surface area contributed by atoms with Crippen LogP contribution in [0.3, 0.4) is 0 Å². The Labute approximate surface area is 141 Å². The Hall–Kier alpha value is -1.45. The van der Waals surface area contributed by atoms with E-state index in [1.165, 1.54) is 4.90 Å². The SMILES string of the molecule is C[C@@H](NC(=O)CCCSc1ccc(Cl)cc1)c1ccccc1. The molecular weight excluding hydrogens is 314 g/mol. The fraction of sp³-hybridized carbons (Fsp3) is 0.278. The van der Waals surface area contributed by atoms with E-state index >= 15 is 0 Å². The Morgan fingerprint density at radius 3 is 2.50 bits per heavy atom. The van der Waals surface area contributed by atoms with Gasteiger partial charge in [-0.05, 0) is 48.9 Å². The zero-order valence-electron chi connectivity index (χ0n) is 12.6. The van der Waals surface area contributed by atoms with Gasteiger partial charge in [0, 0.05) is 16.3 Å². The van der Waals surface area contributed by atoms with Gasteiger partial charge >= 0.3 is 0 Å². The number of benzene rings is 2. The predicted molar refractivity (Wildman–Crippen MR) is 94.4 cm³/mol. The molecule has 0 aliphatic rings. The van der Waals surface area contributed by atoms with E-state index in [0.29, 0.717) is 6.42 Å². The Balaban J connectivity index is 1.66. The minimum Gasteiger partial charge on any atom is -0.350 e. The molecule has 2 rings (SSSR count). The highest BCUT2D eigenvalue weighted by Gasteiger charge is 2.08. The van der Waals surface area contributed by atoms with Crippen LogP contribution in [-0.2, 0) is 4.79 Å². The fourth-order valence-electron chi connectivity index (χ4n) is 2.09. The van der Waals surface area contributed by atoms with Gasteiger partial charge in [-0.15, -0.1) is 11.8 Å². The van der Waals surface area contributed by atoms with Crippen molar-refractivity contribution in [2.75, 3.05) is 5.75 Å². The molecule has 0 spiro atoms. The molecule has 2 nitrogen and oxygen atoms in total. The van der Waals surface area contributed by atoms with Crippen molar-refractivity contribution in [2.24, 2.45) is 0 Å². The minimum atomic E-state index is 0.0534.